The van der Waals surface area contributed by atoms with Gasteiger partial charge in [0.1, 0.15) is 6.04 Å². The zero-order valence-electron chi connectivity index (χ0n) is 12.5. The van der Waals surface area contributed by atoms with E-state index in [1.165, 1.54) is 11.1 Å². The Kier molecular flexibility index (Phi) is 7.46. The van der Waals surface area contributed by atoms with Gasteiger partial charge in [0.2, 0.25) is 5.91 Å². The minimum absolute atomic E-state index is 0.00556. The minimum atomic E-state index is -1.00. The number of carbonyl (C=O) groups is 2. The number of carboxylic acid groups (broad SMARTS) is 1. The summed E-state index contributed by atoms with van der Waals surface area (Å²) in [6.45, 7) is 2.53. The average molecular weight is 292 g/mol. The molecule has 5 heteroatoms. The normalized spacial score (nSPS) is 11.9. The van der Waals surface area contributed by atoms with Crippen molar-refractivity contribution in [3.63, 3.8) is 0 Å². The van der Waals surface area contributed by atoms with Crippen LogP contribution in [-0.2, 0) is 16.0 Å². The number of aryl methyl sites for hydroxylation is 2. The molecule has 0 aliphatic heterocycles. The topological polar surface area (TPSA) is 92.4 Å². The standard InChI is InChI=1S/C16H24N2O3/c1-12-7-9-13(10-8-12)4-2-6-15(19)18-11-3-5-14(17)16(20)21/h7-10,14H,2-6,11,17H2,1H3,(H,18,19)(H,20,21). The van der Waals surface area contributed by atoms with Crippen molar-refractivity contribution in [3.05, 3.63) is 35.4 Å². The van der Waals surface area contributed by atoms with Crippen LogP contribution in [0.5, 0.6) is 0 Å². The Morgan fingerprint density at radius 1 is 1.24 bits per heavy atom. The fraction of sp³-hybridized carbons (Fsp3) is 0.500. The van der Waals surface area contributed by atoms with Gasteiger partial charge in [-0.2, -0.15) is 0 Å². The van der Waals surface area contributed by atoms with E-state index < -0.39 is 12.0 Å². The molecule has 0 radical (unpaired) electrons. The molecule has 5 nitrogen and oxygen atoms in total. The lowest BCUT2D eigenvalue weighted by Crippen LogP contribution is -2.32. The molecule has 0 heterocycles. The number of carbonyl (C=O) groups excluding carboxylic acids is 1. The average Bonchev–Trinajstić information content (AvgIpc) is 2.45. The second kappa shape index (κ2) is 9.13. The molecule has 0 saturated heterocycles. The van der Waals surface area contributed by atoms with E-state index >= 15 is 0 Å². The third kappa shape index (κ3) is 7.46. The molecule has 4 N–H and O–H groups in total. The summed E-state index contributed by atoms with van der Waals surface area (Å²) in [5.74, 6) is -0.995. The Morgan fingerprint density at radius 2 is 1.90 bits per heavy atom. The maximum atomic E-state index is 11.6. The Morgan fingerprint density at radius 3 is 2.52 bits per heavy atom. The van der Waals surface area contributed by atoms with Crippen LogP contribution in [-0.4, -0.2) is 29.6 Å². The molecule has 0 aliphatic carbocycles. The zero-order chi connectivity index (χ0) is 15.7. The highest BCUT2D eigenvalue weighted by atomic mass is 16.4. The van der Waals surface area contributed by atoms with Crippen molar-refractivity contribution in [2.75, 3.05) is 6.54 Å². The van der Waals surface area contributed by atoms with Crippen molar-refractivity contribution in [2.24, 2.45) is 5.73 Å². The maximum Gasteiger partial charge on any atom is 0.320 e. The largest absolute Gasteiger partial charge is 0.480 e. The minimum Gasteiger partial charge on any atom is -0.480 e. The molecule has 0 aliphatic rings. The SMILES string of the molecule is Cc1ccc(CCCC(=O)NCCCC(N)C(=O)O)cc1. The van der Waals surface area contributed by atoms with E-state index in [0.717, 1.165) is 12.8 Å². The summed E-state index contributed by atoms with van der Waals surface area (Å²) < 4.78 is 0. The number of nitrogens with one attached hydrogen (secondary N) is 1. The summed E-state index contributed by atoms with van der Waals surface area (Å²) >= 11 is 0. The number of amides is 1. The number of benzene rings is 1. The Bertz CT molecular complexity index is 457. The molecule has 1 amide bonds. The van der Waals surface area contributed by atoms with E-state index in [-0.39, 0.29) is 5.91 Å². The summed E-state index contributed by atoms with van der Waals surface area (Å²) in [7, 11) is 0. The van der Waals surface area contributed by atoms with Gasteiger partial charge in [-0.05, 0) is 38.2 Å². The van der Waals surface area contributed by atoms with Gasteiger partial charge in [0.25, 0.3) is 0 Å². The lowest BCUT2D eigenvalue weighted by Gasteiger charge is -2.07. The van der Waals surface area contributed by atoms with Crippen LogP contribution in [0.25, 0.3) is 0 Å². The summed E-state index contributed by atoms with van der Waals surface area (Å²) in [4.78, 5) is 22.1. The van der Waals surface area contributed by atoms with Crippen LogP contribution in [0.1, 0.15) is 36.8 Å². The molecule has 0 aromatic heterocycles. The van der Waals surface area contributed by atoms with Crippen molar-refractivity contribution in [3.8, 4) is 0 Å². The van der Waals surface area contributed by atoms with Crippen LogP contribution in [0, 0.1) is 6.92 Å². The van der Waals surface area contributed by atoms with Gasteiger partial charge in [0, 0.05) is 13.0 Å². The van der Waals surface area contributed by atoms with E-state index in [1.807, 2.05) is 6.92 Å². The summed E-state index contributed by atoms with van der Waals surface area (Å²) in [5.41, 5.74) is 7.85. The van der Waals surface area contributed by atoms with Crippen LogP contribution < -0.4 is 11.1 Å². The van der Waals surface area contributed by atoms with Crippen LogP contribution in [0.15, 0.2) is 24.3 Å². The Hall–Kier alpha value is -1.88. The first kappa shape index (κ1) is 17.2. The fourth-order valence-corrected chi connectivity index (χ4v) is 1.97. The molecule has 0 saturated carbocycles. The van der Waals surface area contributed by atoms with E-state index in [2.05, 4.69) is 29.6 Å². The van der Waals surface area contributed by atoms with Crippen LogP contribution in [0.3, 0.4) is 0 Å². The first-order chi connectivity index (χ1) is 9.99. The summed E-state index contributed by atoms with van der Waals surface area (Å²) in [6.07, 6.45) is 3.14. The molecule has 0 bridgehead atoms. The van der Waals surface area contributed by atoms with Gasteiger partial charge in [-0.1, -0.05) is 29.8 Å². The Balaban J connectivity index is 2.09. The number of hydrogen-bond donors (Lipinski definition) is 3. The molecule has 1 aromatic rings. The molecular weight excluding hydrogens is 268 g/mol. The first-order valence-electron chi connectivity index (χ1n) is 7.29. The van der Waals surface area contributed by atoms with Gasteiger partial charge in [0.15, 0.2) is 0 Å². The lowest BCUT2D eigenvalue weighted by molar-refractivity contribution is -0.138. The molecule has 0 fully saturated rings. The van der Waals surface area contributed by atoms with Crippen LogP contribution in [0.2, 0.25) is 0 Å². The quantitative estimate of drug-likeness (QED) is 0.603. The number of nitrogens with two attached hydrogens (primary N) is 1. The Labute approximate surface area is 125 Å². The van der Waals surface area contributed by atoms with E-state index in [9.17, 15) is 9.59 Å². The molecule has 1 unspecified atom stereocenters. The van der Waals surface area contributed by atoms with Crippen molar-refractivity contribution >= 4 is 11.9 Å². The highest BCUT2D eigenvalue weighted by molar-refractivity contribution is 5.75. The van der Waals surface area contributed by atoms with Crippen molar-refractivity contribution in [2.45, 2.75) is 45.1 Å². The number of carboxylic acids is 1. The van der Waals surface area contributed by atoms with Gasteiger partial charge >= 0.3 is 5.97 Å². The number of hydrogen-bond acceptors (Lipinski definition) is 3. The molecule has 1 atom stereocenters. The van der Waals surface area contributed by atoms with E-state index in [1.54, 1.807) is 0 Å². The van der Waals surface area contributed by atoms with E-state index in [0.29, 0.717) is 25.8 Å². The molecule has 116 valence electrons. The number of rotatable bonds is 9. The monoisotopic (exact) mass is 292 g/mol. The highest BCUT2D eigenvalue weighted by Crippen LogP contribution is 2.07. The van der Waals surface area contributed by atoms with Crippen molar-refractivity contribution in [1.82, 2.24) is 5.32 Å². The van der Waals surface area contributed by atoms with Crippen molar-refractivity contribution in [1.29, 1.82) is 0 Å². The second-order valence-electron chi connectivity index (χ2n) is 5.28. The predicted octanol–water partition coefficient (Wildman–Crippen LogP) is 1.63. The zero-order valence-corrected chi connectivity index (χ0v) is 12.5. The maximum absolute atomic E-state index is 11.6. The third-order valence-electron chi connectivity index (χ3n) is 3.32. The van der Waals surface area contributed by atoms with Crippen LogP contribution >= 0.6 is 0 Å². The van der Waals surface area contributed by atoms with Gasteiger partial charge in [0.05, 0.1) is 0 Å². The molecule has 0 spiro atoms. The summed E-state index contributed by atoms with van der Waals surface area (Å²) in [5, 5.41) is 11.4. The number of aliphatic carboxylic acids is 1. The first-order valence-corrected chi connectivity index (χ1v) is 7.29. The fourth-order valence-electron chi connectivity index (χ4n) is 1.97. The summed E-state index contributed by atoms with van der Waals surface area (Å²) in [6, 6.07) is 7.46. The van der Waals surface area contributed by atoms with Gasteiger partial charge in [-0.15, -0.1) is 0 Å². The highest BCUT2D eigenvalue weighted by Gasteiger charge is 2.10. The smallest absolute Gasteiger partial charge is 0.320 e. The molecule has 1 aromatic carbocycles. The van der Waals surface area contributed by atoms with Gasteiger partial charge < -0.3 is 16.2 Å². The lowest BCUT2D eigenvalue weighted by atomic mass is 10.1. The van der Waals surface area contributed by atoms with Gasteiger partial charge in [-0.3, -0.25) is 9.59 Å². The predicted molar refractivity (Wildman–Crippen MR) is 82.0 cm³/mol. The van der Waals surface area contributed by atoms with Crippen molar-refractivity contribution < 1.29 is 14.7 Å². The third-order valence-corrected chi connectivity index (χ3v) is 3.32. The van der Waals surface area contributed by atoms with Crippen LogP contribution in [0.4, 0.5) is 0 Å². The molecule has 1 rings (SSSR count). The molecular formula is C16H24N2O3. The van der Waals surface area contributed by atoms with E-state index in [4.69, 9.17) is 10.8 Å². The van der Waals surface area contributed by atoms with Gasteiger partial charge in [-0.25, -0.2) is 0 Å². The second-order valence-corrected chi connectivity index (χ2v) is 5.28. The molecule has 21 heavy (non-hydrogen) atoms.